The van der Waals surface area contributed by atoms with Gasteiger partial charge in [-0.2, -0.15) is 0 Å². The highest BCUT2D eigenvalue weighted by atomic mass is 15.2. The molecule has 2 aliphatic carbocycles. The van der Waals surface area contributed by atoms with E-state index in [1.807, 2.05) is 0 Å². The van der Waals surface area contributed by atoms with E-state index in [1.165, 1.54) is 51.7 Å². The Hall–Kier alpha value is -0.0800. The summed E-state index contributed by atoms with van der Waals surface area (Å²) in [6.07, 6.45) is 7.47. The molecular formula is C15H28N2. The van der Waals surface area contributed by atoms with Crippen LogP contribution in [0.15, 0.2) is 0 Å². The fourth-order valence-electron chi connectivity index (χ4n) is 3.94. The molecule has 0 aromatic carbocycles. The highest BCUT2D eigenvalue weighted by Gasteiger charge is 2.54. The summed E-state index contributed by atoms with van der Waals surface area (Å²) in [6, 6.07) is 0.771. The summed E-state index contributed by atoms with van der Waals surface area (Å²) < 4.78 is 0. The summed E-state index contributed by atoms with van der Waals surface area (Å²) in [5, 5.41) is 3.64. The molecule has 3 fully saturated rings. The van der Waals surface area contributed by atoms with E-state index in [1.54, 1.807) is 0 Å². The van der Waals surface area contributed by atoms with Crippen LogP contribution in [0.2, 0.25) is 0 Å². The Morgan fingerprint density at radius 2 is 2.00 bits per heavy atom. The second-order valence-corrected chi connectivity index (χ2v) is 6.80. The zero-order valence-corrected chi connectivity index (χ0v) is 11.5. The Labute approximate surface area is 106 Å². The summed E-state index contributed by atoms with van der Waals surface area (Å²) >= 11 is 0. The molecule has 1 saturated heterocycles. The molecule has 0 aromatic heterocycles. The summed E-state index contributed by atoms with van der Waals surface area (Å²) in [4.78, 5) is 2.77. The van der Waals surface area contributed by atoms with Gasteiger partial charge in [-0.1, -0.05) is 13.8 Å². The standard InChI is InChI=1S/C15H28N2/c1-3-16-14-6-9-17(10-12(14)2)11-15(7-8-15)13-4-5-13/h12-14,16H,3-11H2,1-2H3. The van der Waals surface area contributed by atoms with Crippen LogP contribution in [0.25, 0.3) is 0 Å². The van der Waals surface area contributed by atoms with E-state index in [4.69, 9.17) is 0 Å². The molecule has 0 radical (unpaired) electrons. The van der Waals surface area contributed by atoms with Crippen LogP contribution in [0.3, 0.4) is 0 Å². The third kappa shape index (κ3) is 2.53. The van der Waals surface area contributed by atoms with E-state index in [0.29, 0.717) is 0 Å². The van der Waals surface area contributed by atoms with E-state index in [9.17, 15) is 0 Å². The molecule has 0 bridgehead atoms. The largest absolute Gasteiger partial charge is 0.314 e. The molecule has 98 valence electrons. The van der Waals surface area contributed by atoms with Crippen molar-refractivity contribution in [3.05, 3.63) is 0 Å². The van der Waals surface area contributed by atoms with Gasteiger partial charge in [-0.15, -0.1) is 0 Å². The Bertz CT molecular complexity index is 268. The lowest BCUT2D eigenvalue weighted by molar-refractivity contribution is 0.118. The maximum atomic E-state index is 3.64. The van der Waals surface area contributed by atoms with Crippen molar-refractivity contribution in [1.29, 1.82) is 0 Å². The number of nitrogens with one attached hydrogen (secondary N) is 1. The minimum absolute atomic E-state index is 0.771. The van der Waals surface area contributed by atoms with Gasteiger partial charge in [0.1, 0.15) is 0 Å². The van der Waals surface area contributed by atoms with Crippen molar-refractivity contribution >= 4 is 0 Å². The number of likely N-dealkylation sites (tertiary alicyclic amines) is 1. The van der Waals surface area contributed by atoms with Gasteiger partial charge in [0.25, 0.3) is 0 Å². The van der Waals surface area contributed by atoms with Crippen molar-refractivity contribution in [3.8, 4) is 0 Å². The first-order valence-corrected chi connectivity index (χ1v) is 7.69. The molecule has 2 saturated carbocycles. The van der Waals surface area contributed by atoms with Crippen molar-refractivity contribution in [2.45, 2.75) is 52.0 Å². The fraction of sp³-hybridized carbons (Fsp3) is 1.00. The molecule has 1 heterocycles. The van der Waals surface area contributed by atoms with Gasteiger partial charge in [0.05, 0.1) is 0 Å². The van der Waals surface area contributed by atoms with Crippen LogP contribution >= 0.6 is 0 Å². The summed E-state index contributed by atoms with van der Waals surface area (Å²) in [5.41, 5.74) is 0.796. The predicted molar refractivity (Wildman–Crippen MR) is 72.1 cm³/mol. The third-order valence-electron chi connectivity index (χ3n) is 5.33. The van der Waals surface area contributed by atoms with E-state index in [2.05, 4.69) is 24.1 Å². The first-order valence-electron chi connectivity index (χ1n) is 7.69. The average Bonchev–Trinajstić information content (AvgIpc) is 3.13. The highest BCUT2D eigenvalue weighted by Crippen LogP contribution is 2.61. The molecule has 2 atom stereocenters. The fourth-order valence-corrected chi connectivity index (χ4v) is 3.94. The molecule has 3 aliphatic rings. The van der Waals surface area contributed by atoms with Gasteiger partial charge in [-0.05, 0) is 62.4 Å². The van der Waals surface area contributed by atoms with Crippen LogP contribution in [0.5, 0.6) is 0 Å². The molecule has 2 unspecified atom stereocenters. The van der Waals surface area contributed by atoms with Crippen molar-refractivity contribution in [2.75, 3.05) is 26.2 Å². The Morgan fingerprint density at radius 3 is 2.53 bits per heavy atom. The molecule has 1 aliphatic heterocycles. The molecule has 3 rings (SSSR count). The van der Waals surface area contributed by atoms with Crippen LogP contribution < -0.4 is 5.32 Å². The molecule has 1 N–H and O–H groups in total. The van der Waals surface area contributed by atoms with E-state index in [0.717, 1.165) is 29.8 Å². The topological polar surface area (TPSA) is 15.3 Å². The Kier molecular flexibility index (Phi) is 3.20. The van der Waals surface area contributed by atoms with Gasteiger partial charge >= 0.3 is 0 Å². The van der Waals surface area contributed by atoms with Gasteiger partial charge in [0, 0.05) is 19.1 Å². The number of nitrogens with zero attached hydrogens (tertiary/aromatic N) is 1. The van der Waals surface area contributed by atoms with Crippen LogP contribution in [0.1, 0.15) is 46.0 Å². The molecule has 0 amide bonds. The first-order chi connectivity index (χ1) is 8.23. The Balaban J connectivity index is 1.50. The van der Waals surface area contributed by atoms with Gasteiger partial charge in [-0.3, -0.25) is 0 Å². The van der Waals surface area contributed by atoms with Crippen molar-refractivity contribution in [3.63, 3.8) is 0 Å². The van der Waals surface area contributed by atoms with Gasteiger partial charge in [0.2, 0.25) is 0 Å². The third-order valence-corrected chi connectivity index (χ3v) is 5.33. The number of rotatable bonds is 5. The lowest BCUT2D eigenvalue weighted by Gasteiger charge is -2.39. The Morgan fingerprint density at radius 1 is 1.24 bits per heavy atom. The van der Waals surface area contributed by atoms with Crippen LogP contribution in [-0.2, 0) is 0 Å². The van der Waals surface area contributed by atoms with Crippen LogP contribution in [0.4, 0.5) is 0 Å². The lowest BCUT2D eigenvalue weighted by atomic mass is 9.91. The maximum Gasteiger partial charge on any atom is 0.0117 e. The summed E-state index contributed by atoms with van der Waals surface area (Å²) in [7, 11) is 0. The number of piperidine rings is 1. The molecule has 0 spiro atoms. The van der Waals surface area contributed by atoms with Gasteiger partial charge in [0.15, 0.2) is 0 Å². The quantitative estimate of drug-likeness (QED) is 0.789. The molecule has 17 heavy (non-hydrogen) atoms. The van der Waals surface area contributed by atoms with Crippen molar-refractivity contribution < 1.29 is 0 Å². The average molecular weight is 236 g/mol. The normalized spacial score (nSPS) is 37.1. The molecule has 2 heteroatoms. The SMILES string of the molecule is CCNC1CCN(CC2(C3CC3)CC2)CC1C. The molecular weight excluding hydrogens is 208 g/mol. The van der Waals surface area contributed by atoms with E-state index >= 15 is 0 Å². The zero-order chi connectivity index (χ0) is 11.9. The van der Waals surface area contributed by atoms with Crippen LogP contribution in [0, 0.1) is 17.3 Å². The maximum absolute atomic E-state index is 3.64. The monoisotopic (exact) mass is 236 g/mol. The zero-order valence-electron chi connectivity index (χ0n) is 11.5. The summed E-state index contributed by atoms with van der Waals surface area (Å²) in [6.45, 7) is 9.85. The second kappa shape index (κ2) is 4.55. The lowest BCUT2D eigenvalue weighted by Crippen LogP contribution is -2.49. The van der Waals surface area contributed by atoms with E-state index in [-0.39, 0.29) is 0 Å². The second-order valence-electron chi connectivity index (χ2n) is 6.80. The predicted octanol–water partition coefficient (Wildman–Crippen LogP) is 2.50. The first kappa shape index (κ1) is 12.0. The smallest absolute Gasteiger partial charge is 0.0117 e. The van der Waals surface area contributed by atoms with Gasteiger partial charge < -0.3 is 10.2 Å². The van der Waals surface area contributed by atoms with Gasteiger partial charge in [-0.25, -0.2) is 0 Å². The van der Waals surface area contributed by atoms with Crippen LogP contribution in [-0.4, -0.2) is 37.1 Å². The van der Waals surface area contributed by atoms with Crippen molar-refractivity contribution in [2.24, 2.45) is 17.3 Å². The number of hydrogen-bond donors (Lipinski definition) is 1. The number of hydrogen-bond acceptors (Lipinski definition) is 2. The summed E-state index contributed by atoms with van der Waals surface area (Å²) in [5.74, 6) is 1.95. The van der Waals surface area contributed by atoms with E-state index < -0.39 is 0 Å². The molecule has 2 nitrogen and oxygen atoms in total. The minimum atomic E-state index is 0.771. The highest BCUT2D eigenvalue weighted by molar-refractivity contribution is 5.06. The minimum Gasteiger partial charge on any atom is -0.314 e. The van der Waals surface area contributed by atoms with Crippen molar-refractivity contribution in [1.82, 2.24) is 10.2 Å². The molecule has 0 aromatic rings.